The van der Waals surface area contributed by atoms with Crippen molar-refractivity contribution in [3.8, 4) is 34.2 Å². The molecular formula is C20H17BrN2O6. The van der Waals surface area contributed by atoms with Crippen LogP contribution in [0, 0.1) is 10.1 Å². The van der Waals surface area contributed by atoms with E-state index in [4.69, 9.17) is 14.2 Å². The lowest BCUT2D eigenvalue weighted by molar-refractivity contribution is -0.384. The number of methoxy groups -OCH3 is 3. The highest BCUT2D eigenvalue weighted by Gasteiger charge is 2.24. The maximum Gasteiger partial charge on any atom is 0.269 e. The van der Waals surface area contributed by atoms with Crippen LogP contribution in [0.15, 0.2) is 47.1 Å². The number of benzene rings is 2. The fourth-order valence-corrected chi connectivity index (χ4v) is 3.53. The van der Waals surface area contributed by atoms with E-state index in [9.17, 15) is 14.9 Å². The SMILES string of the molecule is COc1cc(C=O)c(-c2cc(Br)cn2-c2ccc([N+](=O)[O-])cc2)c(OC)c1OC. The van der Waals surface area contributed by atoms with Gasteiger partial charge in [0.15, 0.2) is 17.8 Å². The Balaban J connectivity index is 2.30. The second kappa shape index (κ2) is 8.36. The number of aromatic nitrogens is 1. The first-order chi connectivity index (χ1) is 13.9. The van der Waals surface area contributed by atoms with E-state index in [1.54, 1.807) is 29.0 Å². The standard InChI is InChI=1S/C20H17BrN2O6/c1-27-17-8-12(11-24)18(20(29-3)19(17)28-2)16-9-13(21)10-22(16)14-4-6-15(7-5-14)23(25)26/h4-11H,1-3H3. The molecule has 3 rings (SSSR count). The van der Waals surface area contributed by atoms with Gasteiger partial charge in [0.25, 0.3) is 5.69 Å². The average molecular weight is 461 g/mol. The normalized spacial score (nSPS) is 10.5. The van der Waals surface area contributed by atoms with Crippen LogP contribution in [-0.4, -0.2) is 37.1 Å². The molecule has 8 nitrogen and oxygen atoms in total. The van der Waals surface area contributed by atoms with Crippen LogP contribution in [0.3, 0.4) is 0 Å². The number of rotatable bonds is 7. The second-order valence-electron chi connectivity index (χ2n) is 5.91. The molecule has 0 saturated carbocycles. The van der Waals surface area contributed by atoms with Crippen LogP contribution < -0.4 is 14.2 Å². The molecule has 0 radical (unpaired) electrons. The van der Waals surface area contributed by atoms with Crippen molar-refractivity contribution >= 4 is 27.9 Å². The number of non-ortho nitro benzene ring substituents is 1. The molecule has 0 saturated heterocycles. The summed E-state index contributed by atoms with van der Waals surface area (Å²) in [7, 11) is 4.43. The number of hydrogen-bond donors (Lipinski definition) is 0. The van der Waals surface area contributed by atoms with E-state index in [2.05, 4.69) is 15.9 Å². The minimum atomic E-state index is -0.460. The largest absolute Gasteiger partial charge is 0.493 e. The van der Waals surface area contributed by atoms with Gasteiger partial charge in [-0.05, 0) is 40.2 Å². The maximum absolute atomic E-state index is 11.9. The smallest absolute Gasteiger partial charge is 0.269 e. The molecule has 2 aromatic carbocycles. The van der Waals surface area contributed by atoms with Gasteiger partial charge < -0.3 is 18.8 Å². The van der Waals surface area contributed by atoms with Crippen molar-refractivity contribution in [1.29, 1.82) is 0 Å². The molecule has 0 N–H and O–H groups in total. The predicted molar refractivity (Wildman–Crippen MR) is 111 cm³/mol. The van der Waals surface area contributed by atoms with Crippen molar-refractivity contribution in [3.63, 3.8) is 0 Å². The minimum absolute atomic E-state index is 0.0150. The van der Waals surface area contributed by atoms with Crippen LogP contribution in [-0.2, 0) is 0 Å². The molecule has 29 heavy (non-hydrogen) atoms. The number of nitrogens with zero attached hydrogens (tertiary/aromatic N) is 2. The molecule has 0 bridgehead atoms. The van der Waals surface area contributed by atoms with E-state index in [1.807, 2.05) is 6.07 Å². The Morgan fingerprint density at radius 2 is 1.69 bits per heavy atom. The van der Waals surface area contributed by atoms with Gasteiger partial charge in [0.1, 0.15) is 0 Å². The monoisotopic (exact) mass is 460 g/mol. The number of carbonyl (C=O) groups is 1. The van der Waals surface area contributed by atoms with Crippen molar-refractivity contribution in [2.75, 3.05) is 21.3 Å². The minimum Gasteiger partial charge on any atom is -0.493 e. The molecule has 0 aliphatic heterocycles. The van der Waals surface area contributed by atoms with E-state index >= 15 is 0 Å². The molecule has 1 aromatic heterocycles. The summed E-state index contributed by atoms with van der Waals surface area (Å²) < 4.78 is 18.9. The zero-order valence-corrected chi connectivity index (χ0v) is 17.4. The number of hydrogen-bond acceptors (Lipinski definition) is 6. The zero-order chi connectivity index (χ0) is 21.1. The van der Waals surface area contributed by atoms with Gasteiger partial charge in [0.2, 0.25) is 5.75 Å². The second-order valence-corrected chi connectivity index (χ2v) is 6.83. The number of aldehydes is 1. The van der Waals surface area contributed by atoms with Crippen LogP contribution >= 0.6 is 15.9 Å². The fourth-order valence-electron chi connectivity index (χ4n) is 3.10. The summed E-state index contributed by atoms with van der Waals surface area (Å²) in [5, 5.41) is 10.9. The first kappa shape index (κ1) is 20.4. The van der Waals surface area contributed by atoms with Gasteiger partial charge >= 0.3 is 0 Å². The van der Waals surface area contributed by atoms with Gasteiger partial charge in [-0.1, -0.05) is 0 Å². The number of halogens is 1. The Bertz CT molecular complexity index is 1080. The summed E-state index contributed by atoms with van der Waals surface area (Å²) in [6.45, 7) is 0. The number of nitro groups is 1. The van der Waals surface area contributed by atoms with Gasteiger partial charge in [-0.25, -0.2) is 0 Å². The quantitative estimate of drug-likeness (QED) is 0.289. The van der Waals surface area contributed by atoms with Crippen LogP contribution in [0.25, 0.3) is 16.9 Å². The molecule has 0 aliphatic carbocycles. The highest BCUT2D eigenvalue weighted by atomic mass is 79.9. The molecular weight excluding hydrogens is 444 g/mol. The van der Waals surface area contributed by atoms with Gasteiger partial charge in [0, 0.05) is 34.1 Å². The number of ether oxygens (including phenoxy) is 3. The summed E-state index contributed by atoms with van der Waals surface area (Å²) >= 11 is 3.46. The fraction of sp³-hybridized carbons (Fsp3) is 0.150. The Kier molecular flexibility index (Phi) is 5.88. The van der Waals surface area contributed by atoms with E-state index in [1.165, 1.54) is 33.5 Å². The van der Waals surface area contributed by atoms with E-state index in [-0.39, 0.29) is 5.69 Å². The topological polar surface area (TPSA) is 92.8 Å². The Hall–Kier alpha value is -3.33. The first-order valence-corrected chi connectivity index (χ1v) is 9.15. The lowest BCUT2D eigenvalue weighted by atomic mass is 10.0. The van der Waals surface area contributed by atoms with Crippen molar-refractivity contribution in [2.24, 2.45) is 0 Å². The third kappa shape index (κ3) is 3.68. The first-order valence-electron chi connectivity index (χ1n) is 8.36. The van der Waals surface area contributed by atoms with Crippen LogP contribution in [0.4, 0.5) is 5.69 Å². The van der Waals surface area contributed by atoms with Gasteiger partial charge in [-0.2, -0.15) is 0 Å². The van der Waals surface area contributed by atoms with Crippen molar-refractivity contribution in [2.45, 2.75) is 0 Å². The van der Waals surface area contributed by atoms with Crippen molar-refractivity contribution < 1.29 is 23.9 Å². The van der Waals surface area contributed by atoms with Crippen LogP contribution in [0.2, 0.25) is 0 Å². The van der Waals surface area contributed by atoms with Crippen molar-refractivity contribution in [3.05, 3.63) is 62.7 Å². The molecule has 150 valence electrons. The maximum atomic E-state index is 11.9. The summed E-state index contributed by atoms with van der Waals surface area (Å²) in [4.78, 5) is 22.4. The summed E-state index contributed by atoms with van der Waals surface area (Å²) in [5.74, 6) is 1.05. The molecule has 0 unspecified atom stereocenters. The Labute approximate surface area is 174 Å². The molecule has 0 amide bonds. The predicted octanol–water partition coefficient (Wildman–Crippen LogP) is 4.65. The molecule has 3 aromatic rings. The summed E-state index contributed by atoms with van der Waals surface area (Å²) in [5.41, 5.74) is 2.13. The zero-order valence-electron chi connectivity index (χ0n) is 15.8. The average Bonchev–Trinajstić information content (AvgIpc) is 3.12. The highest BCUT2D eigenvalue weighted by Crippen LogP contribution is 2.47. The Morgan fingerprint density at radius 1 is 1.03 bits per heavy atom. The molecule has 0 aliphatic rings. The lowest BCUT2D eigenvalue weighted by Gasteiger charge is -2.19. The third-order valence-corrected chi connectivity index (χ3v) is 4.80. The van der Waals surface area contributed by atoms with E-state index in [0.29, 0.717) is 46.0 Å². The summed E-state index contributed by atoms with van der Waals surface area (Å²) in [6.07, 6.45) is 2.50. The number of carbonyl (C=O) groups excluding carboxylic acids is 1. The molecule has 0 spiro atoms. The molecule has 0 fully saturated rings. The third-order valence-electron chi connectivity index (χ3n) is 4.37. The highest BCUT2D eigenvalue weighted by molar-refractivity contribution is 9.10. The van der Waals surface area contributed by atoms with Crippen molar-refractivity contribution in [1.82, 2.24) is 4.57 Å². The van der Waals surface area contributed by atoms with Gasteiger partial charge in [-0.15, -0.1) is 0 Å². The number of nitro benzene ring substituents is 1. The van der Waals surface area contributed by atoms with Gasteiger partial charge in [0.05, 0.1) is 37.5 Å². The van der Waals surface area contributed by atoms with Crippen LogP contribution in [0.5, 0.6) is 17.2 Å². The molecule has 0 atom stereocenters. The van der Waals surface area contributed by atoms with E-state index < -0.39 is 4.92 Å². The summed E-state index contributed by atoms with van der Waals surface area (Å²) in [6, 6.07) is 9.48. The lowest BCUT2D eigenvalue weighted by Crippen LogP contribution is -2.03. The Morgan fingerprint density at radius 3 is 2.21 bits per heavy atom. The van der Waals surface area contributed by atoms with Crippen LogP contribution in [0.1, 0.15) is 10.4 Å². The van der Waals surface area contributed by atoms with E-state index in [0.717, 1.165) is 4.47 Å². The van der Waals surface area contributed by atoms with Gasteiger partial charge in [-0.3, -0.25) is 14.9 Å². The molecule has 1 heterocycles. The molecule has 9 heteroatoms.